The Balaban J connectivity index is 1.46. The van der Waals surface area contributed by atoms with Crippen LogP contribution >= 0.6 is 0 Å². The van der Waals surface area contributed by atoms with E-state index in [1.54, 1.807) is 13.4 Å². The van der Waals surface area contributed by atoms with Gasteiger partial charge in [0.2, 0.25) is 0 Å². The summed E-state index contributed by atoms with van der Waals surface area (Å²) < 4.78 is 10.6. The highest BCUT2D eigenvalue weighted by molar-refractivity contribution is 5.88. The molecule has 3 atom stereocenters. The van der Waals surface area contributed by atoms with Crippen molar-refractivity contribution in [1.82, 2.24) is 15.1 Å². The van der Waals surface area contributed by atoms with Gasteiger partial charge < -0.3 is 14.2 Å². The van der Waals surface area contributed by atoms with Crippen molar-refractivity contribution in [3.63, 3.8) is 0 Å². The monoisotopic (exact) mass is 350 g/mol. The summed E-state index contributed by atoms with van der Waals surface area (Å²) in [5.41, 5.74) is 2.87. The second-order valence-corrected chi connectivity index (χ2v) is 7.38. The highest BCUT2D eigenvalue weighted by Crippen LogP contribution is 2.46. The van der Waals surface area contributed by atoms with E-state index in [2.05, 4.69) is 44.3 Å². The molecular weight excluding hydrogens is 328 g/mol. The van der Waals surface area contributed by atoms with Gasteiger partial charge in [0.25, 0.3) is 5.71 Å². The van der Waals surface area contributed by atoms with Gasteiger partial charge in [0.1, 0.15) is 23.3 Å². The lowest BCUT2D eigenvalue weighted by molar-refractivity contribution is 0.407. The summed E-state index contributed by atoms with van der Waals surface area (Å²) in [4.78, 5) is 11.4. The van der Waals surface area contributed by atoms with E-state index in [1.807, 2.05) is 6.92 Å². The van der Waals surface area contributed by atoms with E-state index >= 15 is 0 Å². The second-order valence-electron chi connectivity index (χ2n) is 7.38. The van der Waals surface area contributed by atoms with Crippen LogP contribution in [0, 0.1) is 6.92 Å². The van der Waals surface area contributed by atoms with Crippen molar-refractivity contribution < 1.29 is 9.26 Å². The molecule has 0 spiro atoms. The molecule has 3 aromatic rings. The Bertz CT molecular complexity index is 923. The summed E-state index contributed by atoms with van der Waals surface area (Å²) in [6, 6.07) is 9.58. The number of aryl methyl sites for hydroxylation is 1. The van der Waals surface area contributed by atoms with E-state index in [-0.39, 0.29) is 0 Å². The quantitative estimate of drug-likeness (QED) is 0.715. The van der Waals surface area contributed by atoms with E-state index in [1.165, 1.54) is 18.4 Å². The van der Waals surface area contributed by atoms with Crippen LogP contribution < -0.4 is 9.64 Å². The third-order valence-corrected chi connectivity index (χ3v) is 5.99. The second kappa shape index (κ2) is 5.97. The van der Waals surface area contributed by atoms with Crippen LogP contribution in [0.2, 0.25) is 0 Å². The fourth-order valence-corrected chi connectivity index (χ4v) is 4.77. The molecule has 5 rings (SSSR count). The van der Waals surface area contributed by atoms with Gasteiger partial charge in [-0.1, -0.05) is 17.3 Å². The normalized spacial score (nSPS) is 25.0. The first-order valence-electron chi connectivity index (χ1n) is 9.24. The van der Waals surface area contributed by atoms with Crippen molar-refractivity contribution in [2.45, 2.75) is 50.6 Å². The maximum atomic E-state index is 5.34. The molecule has 0 amide bonds. The minimum Gasteiger partial charge on any atom is -0.497 e. The third kappa shape index (κ3) is 2.35. The zero-order valence-electron chi connectivity index (χ0n) is 15.1. The van der Waals surface area contributed by atoms with Crippen molar-refractivity contribution in [2.75, 3.05) is 12.0 Å². The molecule has 0 N–H and O–H groups in total. The standard InChI is InChI=1S/C20H22N4O2/c1-12-18-19(21-11-22-20(18)26-23-12)24-15-5-6-16(24)10-14(9-15)13-3-7-17(25-2)8-4-13/h3-4,7-8,11,14-16H,5-6,9-10H2,1-2H3/t14?,15-,16+. The van der Waals surface area contributed by atoms with Crippen LogP contribution in [0.1, 0.15) is 42.9 Å². The van der Waals surface area contributed by atoms with Gasteiger partial charge in [0.05, 0.1) is 12.8 Å². The lowest BCUT2D eigenvalue weighted by Gasteiger charge is -2.40. The molecule has 2 fully saturated rings. The highest BCUT2D eigenvalue weighted by atomic mass is 16.5. The maximum absolute atomic E-state index is 5.34. The van der Waals surface area contributed by atoms with Gasteiger partial charge in [0.15, 0.2) is 0 Å². The Morgan fingerprint density at radius 2 is 1.81 bits per heavy atom. The van der Waals surface area contributed by atoms with Gasteiger partial charge in [-0.15, -0.1) is 0 Å². The van der Waals surface area contributed by atoms with E-state index < -0.39 is 0 Å². The number of rotatable bonds is 3. The van der Waals surface area contributed by atoms with Crippen LogP contribution in [0.5, 0.6) is 5.75 Å². The van der Waals surface area contributed by atoms with E-state index in [4.69, 9.17) is 9.26 Å². The van der Waals surface area contributed by atoms with Crippen LogP contribution in [0.4, 0.5) is 5.82 Å². The number of nitrogens with zero attached hydrogens (tertiary/aromatic N) is 4. The van der Waals surface area contributed by atoms with E-state index in [0.717, 1.165) is 35.5 Å². The minimum absolute atomic E-state index is 0.508. The fourth-order valence-electron chi connectivity index (χ4n) is 4.77. The van der Waals surface area contributed by atoms with Crippen LogP contribution in [0.3, 0.4) is 0 Å². The molecular formula is C20H22N4O2. The number of hydrogen-bond donors (Lipinski definition) is 0. The van der Waals surface area contributed by atoms with Crippen LogP contribution in [0.15, 0.2) is 35.1 Å². The third-order valence-electron chi connectivity index (χ3n) is 5.99. The topological polar surface area (TPSA) is 64.3 Å². The largest absolute Gasteiger partial charge is 0.497 e. The zero-order valence-corrected chi connectivity index (χ0v) is 15.1. The number of ether oxygens (including phenoxy) is 1. The molecule has 1 aromatic carbocycles. The molecule has 4 heterocycles. The number of methoxy groups -OCH3 is 1. The van der Waals surface area contributed by atoms with Gasteiger partial charge in [-0.3, -0.25) is 0 Å². The maximum Gasteiger partial charge on any atom is 0.263 e. The highest BCUT2D eigenvalue weighted by Gasteiger charge is 2.42. The lowest BCUT2D eigenvalue weighted by atomic mass is 9.85. The summed E-state index contributed by atoms with van der Waals surface area (Å²) in [7, 11) is 1.71. The molecule has 2 aliphatic rings. The molecule has 1 unspecified atom stereocenters. The summed E-state index contributed by atoms with van der Waals surface area (Å²) in [5.74, 6) is 2.51. The summed E-state index contributed by atoms with van der Waals surface area (Å²) in [6.07, 6.45) is 6.33. The Labute approximate surface area is 152 Å². The molecule has 0 aliphatic carbocycles. The van der Waals surface area contributed by atoms with Crippen molar-refractivity contribution in [2.24, 2.45) is 0 Å². The average Bonchev–Trinajstić information content (AvgIpc) is 3.18. The first kappa shape index (κ1) is 15.6. The number of benzene rings is 1. The van der Waals surface area contributed by atoms with Crippen molar-refractivity contribution >= 4 is 16.9 Å². The number of piperidine rings is 1. The van der Waals surface area contributed by atoms with Gasteiger partial charge in [-0.25, -0.2) is 4.98 Å². The van der Waals surface area contributed by atoms with Crippen LogP contribution in [-0.2, 0) is 0 Å². The molecule has 0 saturated carbocycles. The SMILES string of the molecule is COc1ccc(C2C[C@H]3CC[C@@H](C2)N3c2ncnc3onc(C)c23)cc1. The molecule has 0 radical (unpaired) electrons. The number of fused-ring (bicyclic) bond motifs is 3. The van der Waals surface area contributed by atoms with Crippen molar-refractivity contribution in [1.29, 1.82) is 0 Å². The first-order valence-corrected chi connectivity index (χ1v) is 9.24. The van der Waals surface area contributed by atoms with Gasteiger partial charge in [0, 0.05) is 12.1 Å². The molecule has 2 aromatic heterocycles. The minimum atomic E-state index is 0.508. The van der Waals surface area contributed by atoms with E-state index in [0.29, 0.717) is 23.7 Å². The predicted molar refractivity (Wildman–Crippen MR) is 98.6 cm³/mol. The molecule has 6 nitrogen and oxygen atoms in total. The summed E-state index contributed by atoms with van der Waals surface area (Å²) >= 11 is 0. The predicted octanol–water partition coefficient (Wildman–Crippen LogP) is 3.85. The summed E-state index contributed by atoms with van der Waals surface area (Å²) in [5, 5.41) is 5.05. The van der Waals surface area contributed by atoms with Crippen LogP contribution in [-0.4, -0.2) is 34.3 Å². The first-order chi connectivity index (χ1) is 12.7. The van der Waals surface area contributed by atoms with Gasteiger partial charge >= 0.3 is 0 Å². The molecule has 2 bridgehead atoms. The Kier molecular flexibility index (Phi) is 3.58. The average molecular weight is 350 g/mol. The molecule has 6 heteroatoms. The van der Waals surface area contributed by atoms with E-state index in [9.17, 15) is 0 Å². The van der Waals surface area contributed by atoms with Gasteiger partial charge in [-0.05, 0) is 56.2 Å². The Morgan fingerprint density at radius 1 is 1.08 bits per heavy atom. The molecule has 134 valence electrons. The van der Waals surface area contributed by atoms with Crippen molar-refractivity contribution in [3.05, 3.63) is 41.9 Å². The zero-order chi connectivity index (χ0) is 17.7. The lowest BCUT2D eigenvalue weighted by Crippen LogP contribution is -2.43. The van der Waals surface area contributed by atoms with Crippen LogP contribution in [0.25, 0.3) is 11.1 Å². The van der Waals surface area contributed by atoms with Gasteiger partial charge in [-0.2, -0.15) is 4.98 Å². The number of aromatic nitrogens is 3. The summed E-state index contributed by atoms with van der Waals surface area (Å²) in [6.45, 7) is 1.96. The van der Waals surface area contributed by atoms with Crippen molar-refractivity contribution in [3.8, 4) is 5.75 Å². The number of hydrogen-bond acceptors (Lipinski definition) is 6. The molecule has 26 heavy (non-hydrogen) atoms. The fraction of sp³-hybridized carbons (Fsp3) is 0.450. The Hall–Kier alpha value is -2.63. The smallest absolute Gasteiger partial charge is 0.263 e. The molecule has 2 aliphatic heterocycles. The number of anilines is 1. The molecule has 2 saturated heterocycles. The Morgan fingerprint density at radius 3 is 2.50 bits per heavy atom.